The summed E-state index contributed by atoms with van der Waals surface area (Å²) in [5.41, 5.74) is 3.19. The number of carbonyl (C=O) groups is 1. The first-order valence-corrected chi connectivity index (χ1v) is 9.08. The van der Waals surface area contributed by atoms with Crippen LogP contribution in [0.1, 0.15) is 42.3 Å². The molecule has 0 atom stereocenters. The van der Waals surface area contributed by atoms with Crippen LogP contribution in [0.15, 0.2) is 54.6 Å². The van der Waals surface area contributed by atoms with Crippen molar-refractivity contribution in [3.63, 3.8) is 0 Å². The highest BCUT2D eigenvalue weighted by atomic mass is 16.5. The first-order valence-electron chi connectivity index (χ1n) is 9.08. The van der Waals surface area contributed by atoms with Gasteiger partial charge >= 0.3 is 0 Å². The SMILES string of the molecule is CC=CCc1cc(O)c(OC(C)C)c(C=CC(=O)c2ccc(NC)cc2)c1. The summed E-state index contributed by atoms with van der Waals surface area (Å²) < 4.78 is 5.77. The molecule has 0 fully saturated rings. The van der Waals surface area contributed by atoms with E-state index in [9.17, 15) is 9.90 Å². The molecule has 0 aliphatic rings. The van der Waals surface area contributed by atoms with Gasteiger partial charge in [0.1, 0.15) is 0 Å². The number of rotatable bonds is 8. The predicted octanol–water partition coefficient (Wildman–Crippen LogP) is 5.24. The van der Waals surface area contributed by atoms with E-state index >= 15 is 0 Å². The Balaban J connectivity index is 2.33. The Morgan fingerprint density at radius 3 is 2.52 bits per heavy atom. The van der Waals surface area contributed by atoms with Crippen LogP contribution in [0, 0.1) is 0 Å². The van der Waals surface area contributed by atoms with Crippen LogP contribution < -0.4 is 10.1 Å². The van der Waals surface area contributed by atoms with E-state index in [-0.39, 0.29) is 17.6 Å². The van der Waals surface area contributed by atoms with Crippen LogP contribution in [0.25, 0.3) is 6.08 Å². The largest absolute Gasteiger partial charge is 0.504 e. The molecule has 2 rings (SSSR count). The minimum absolute atomic E-state index is 0.0798. The summed E-state index contributed by atoms with van der Waals surface area (Å²) >= 11 is 0. The zero-order valence-corrected chi connectivity index (χ0v) is 16.3. The smallest absolute Gasteiger partial charge is 0.185 e. The highest BCUT2D eigenvalue weighted by Crippen LogP contribution is 2.34. The molecule has 2 N–H and O–H groups in total. The lowest BCUT2D eigenvalue weighted by Crippen LogP contribution is -2.07. The molecule has 27 heavy (non-hydrogen) atoms. The van der Waals surface area contributed by atoms with Gasteiger partial charge in [0.2, 0.25) is 0 Å². The third kappa shape index (κ3) is 5.74. The summed E-state index contributed by atoms with van der Waals surface area (Å²) in [6.07, 6.45) is 7.80. The average molecular weight is 365 g/mol. The van der Waals surface area contributed by atoms with E-state index in [1.54, 1.807) is 24.3 Å². The summed E-state index contributed by atoms with van der Waals surface area (Å²) in [5, 5.41) is 13.4. The van der Waals surface area contributed by atoms with Crippen LogP contribution >= 0.6 is 0 Å². The van der Waals surface area contributed by atoms with E-state index in [4.69, 9.17) is 4.74 Å². The van der Waals surface area contributed by atoms with Crippen molar-refractivity contribution in [2.45, 2.75) is 33.3 Å². The van der Waals surface area contributed by atoms with Crippen molar-refractivity contribution in [2.24, 2.45) is 0 Å². The molecule has 0 radical (unpaired) electrons. The van der Waals surface area contributed by atoms with Crippen LogP contribution in [0.2, 0.25) is 0 Å². The summed E-state index contributed by atoms with van der Waals surface area (Å²) in [7, 11) is 1.83. The van der Waals surface area contributed by atoms with Gasteiger partial charge in [0.15, 0.2) is 17.3 Å². The molecule has 0 bridgehead atoms. The van der Waals surface area contributed by atoms with E-state index in [0.29, 0.717) is 23.3 Å². The van der Waals surface area contributed by atoms with Gasteiger partial charge in [-0.1, -0.05) is 12.2 Å². The van der Waals surface area contributed by atoms with Crippen molar-refractivity contribution in [2.75, 3.05) is 12.4 Å². The fourth-order valence-corrected chi connectivity index (χ4v) is 2.62. The number of allylic oxidation sites excluding steroid dienone is 3. The number of ketones is 1. The zero-order chi connectivity index (χ0) is 19.8. The number of hydrogen-bond donors (Lipinski definition) is 2. The molecule has 0 aliphatic heterocycles. The summed E-state index contributed by atoms with van der Waals surface area (Å²) in [5.74, 6) is 0.367. The molecule has 0 aromatic heterocycles. The van der Waals surface area contributed by atoms with Gasteiger partial charge in [0.25, 0.3) is 0 Å². The lowest BCUT2D eigenvalue weighted by atomic mass is 10.0. The molecule has 2 aromatic rings. The van der Waals surface area contributed by atoms with Crippen LogP contribution in [0.4, 0.5) is 5.69 Å². The normalized spacial score (nSPS) is 11.4. The minimum Gasteiger partial charge on any atom is -0.504 e. The molecule has 142 valence electrons. The minimum atomic E-state index is -0.105. The molecule has 4 heteroatoms. The molecule has 0 spiro atoms. The molecule has 2 aromatic carbocycles. The van der Waals surface area contributed by atoms with E-state index in [1.807, 2.05) is 58.2 Å². The second kappa shape index (κ2) is 9.62. The van der Waals surface area contributed by atoms with Crippen molar-refractivity contribution in [1.29, 1.82) is 0 Å². The van der Waals surface area contributed by atoms with Gasteiger partial charge in [0.05, 0.1) is 6.10 Å². The zero-order valence-electron chi connectivity index (χ0n) is 16.3. The Labute approximate surface area is 161 Å². The number of hydrogen-bond acceptors (Lipinski definition) is 4. The van der Waals surface area contributed by atoms with Gasteiger partial charge < -0.3 is 15.2 Å². The molecule has 0 aliphatic carbocycles. The Bertz CT molecular complexity index is 833. The third-order valence-corrected chi connectivity index (χ3v) is 3.97. The first-order chi connectivity index (χ1) is 12.9. The van der Waals surface area contributed by atoms with E-state index in [2.05, 4.69) is 5.32 Å². The third-order valence-electron chi connectivity index (χ3n) is 3.97. The van der Waals surface area contributed by atoms with Gasteiger partial charge in [-0.3, -0.25) is 4.79 Å². The molecular formula is C23H27NO3. The van der Waals surface area contributed by atoms with E-state index in [1.165, 1.54) is 6.08 Å². The number of phenolic OH excluding ortho intramolecular Hbond substituents is 1. The van der Waals surface area contributed by atoms with Crippen LogP contribution in [-0.4, -0.2) is 24.0 Å². The number of phenols is 1. The fourth-order valence-electron chi connectivity index (χ4n) is 2.62. The summed E-state index contributed by atoms with van der Waals surface area (Å²) in [6, 6.07) is 10.9. The van der Waals surface area contributed by atoms with Gasteiger partial charge in [-0.15, -0.1) is 0 Å². The molecule has 0 heterocycles. The second-order valence-electron chi connectivity index (χ2n) is 6.50. The Morgan fingerprint density at radius 1 is 1.22 bits per heavy atom. The molecule has 0 unspecified atom stereocenters. The molecule has 0 amide bonds. The maximum absolute atomic E-state index is 12.5. The van der Waals surface area contributed by atoms with Gasteiger partial charge in [-0.25, -0.2) is 0 Å². The number of benzene rings is 2. The number of anilines is 1. The Kier molecular flexibility index (Phi) is 7.24. The highest BCUT2D eigenvalue weighted by molar-refractivity contribution is 6.07. The van der Waals surface area contributed by atoms with Gasteiger partial charge in [0, 0.05) is 23.9 Å². The standard InChI is InChI=1S/C23H27NO3/c1-5-6-7-17-14-19(23(22(26)15-17)27-16(2)3)10-13-21(25)18-8-11-20(24-4)12-9-18/h5-6,8-16,24,26H,7H2,1-4H3. The second-order valence-corrected chi connectivity index (χ2v) is 6.50. The van der Waals surface area contributed by atoms with Crippen molar-refractivity contribution in [1.82, 2.24) is 0 Å². The number of ether oxygens (including phenoxy) is 1. The monoisotopic (exact) mass is 365 g/mol. The fraction of sp³-hybridized carbons (Fsp3) is 0.261. The van der Waals surface area contributed by atoms with E-state index < -0.39 is 0 Å². The van der Waals surface area contributed by atoms with Crippen LogP contribution in [-0.2, 0) is 6.42 Å². The topological polar surface area (TPSA) is 58.6 Å². The summed E-state index contributed by atoms with van der Waals surface area (Å²) in [4.78, 5) is 12.5. The predicted molar refractivity (Wildman–Crippen MR) is 112 cm³/mol. The Hall–Kier alpha value is -3.01. The van der Waals surface area contributed by atoms with E-state index in [0.717, 1.165) is 11.3 Å². The molecular weight excluding hydrogens is 338 g/mol. The van der Waals surface area contributed by atoms with Crippen LogP contribution in [0.3, 0.4) is 0 Å². The van der Waals surface area contributed by atoms with Gasteiger partial charge in [-0.2, -0.15) is 0 Å². The number of aromatic hydroxyl groups is 1. The molecule has 4 nitrogen and oxygen atoms in total. The number of carbonyl (C=O) groups excluding carboxylic acids is 1. The molecule has 0 saturated heterocycles. The maximum atomic E-state index is 12.5. The van der Waals surface area contributed by atoms with Crippen molar-refractivity contribution >= 4 is 17.5 Å². The lowest BCUT2D eigenvalue weighted by molar-refractivity contribution is 0.104. The number of nitrogens with one attached hydrogen (secondary N) is 1. The van der Waals surface area contributed by atoms with Gasteiger partial charge in [-0.05, 0) is 81.3 Å². The molecule has 0 saturated carbocycles. The first kappa shape index (κ1) is 20.3. The van der Waals surface area contributed by atoms with Crippen LogP contribution in [0.5, 0.6) is 11.5 Å². The summed E-state index contributed by atoms with van der Waals surface area (Å²) in [6.45, 7) is 5.75. The van der Waals surface area contributed by atoms with Crippen molar-refractivity contribution in [3.8, 4) is 11.5 Å². The average Bonchev–Trinajstić information content (AvgIpc) is 2.66. The lowest BCUT2D eigenvalue weighted by Gasteiger charge is -2.15. The quantitative estimate of drug-likeness (QED) is 0.382. The maximum Gasteiger partial charge on any atom is 0.185 e. The highest BCUT2D eigenvalue weighted by Gasteiger charge is 2.12. The van der Waals surface area contributed by atoms with Crippen molar-refractivity contribution in [3.05, 3.63) is 71.3 Å². The van der Waals surface area contributed by atoms with Crippen molar-refractivity contribution < 1.29 is 14.6 Å². The Morgan fingerprint density at radius 2 is 1.93 bits per heavy atom.